The number of benzene rings is 2. The highest BCUT2D eigenvalue weighted by molar-refractivity contribution is 5.85. The minimum atomic E-state index is -0.325. The number of tetrazole rings is 1. The van der Waals surface area contributed by atoms with Crippen LogP contribution in [-0.4, -0.2) is 50.3 Å². The highest BCUT2D eigenvalue weighted by Crippen LogP contribution is 2.30. The van der Waals surface area contributed by atoms with Gasteiger partial charge in [-0.1, -0.05) is 37.1 Å². The van der Waals surface area contributed by atoms with Crippen molar-refractivity contribution in [2.24, 2.45) is 0 Å². The van der Waals surface area contributed by atoms with E-state index in [1.54, 1.807) is 7.11 Å². The van der Waals surface area contributed by atoms with Crippen molar-refractivity contribution in [3.8, 4) is 5.75 Å². The summed E-state index contributed by atoms with van der Waals surface area (Å²) in [4.78, 5) is 19.1. The molecule has 1 N–H and O–H groups in total. The minimum Gasteiger partial charge on any atom is -0.497 e. The number of methoxy groups -OCH3 is 1. The monoisotopic (exact) mass is 472 g/mol. The molecule has 0 unspecified atom stereocenters. The lowest BCUT2D eigenvalue weighted by atomic mass is 9.99. The number of nitrogens with one attached hydrogen (secondary N) is 1. The average Bonchev–Trinajstić information content (AvgIpc) is 3.14. The van der Waals surface area contributed by atoms with E-state index in [9.17, 15) is 4.79 Å². The highest BCUT2D eigenvalue weighted by atomic mass is 16.5. The predicted octanol–water partition coefficient (Wildman–Crippen LogP) is 4.15. The summed E-state index contributed by atoms with van der Waals surface area (Å²) in [6.07, 6.45) is 4.60. The van der Waals surface area contributed by atoms with Gasteiger partial charge in [-0.2, -0.15) is 0 Å². The van der Waals surface area contributed by atoms with Crippen molar-refractivity contribution >= 4 is 10.9 Å². The van der Waals surface area contributed by atoms with E-state index < -0.39 is 0 Å². The molecule has 182 valence electrons. The zero-order chi connectivity index (χ0) is 24.4. The highest BCUT2D eigenvalue weighted by Gasteiger charge is 2.31. The van der Waals surface area contributed by atoms with E-state index in [4.69, 9.17) is 4.74 Å². The van der Waals surface area contributed by atoms with Crippen LogP contribution in [0.15, 0.2) is 47.3 Å². The molecular weight excluding hydrogens is 440 g/mol. The Hall–Kier alpha value is -3.52. The van der Waals surface area contributed by atoms with Crippen molar-refractivity contribution in [3.05, 3.63) is 80.9 Å². The predicted molar refractivity (Wildman–Crippen MR) is 136 cm³/mol. The summed E-state index contributed by atoms with van der Waals surface area (Å²) in [6, 6.07) is 13.8. The molecule has 35 heavy (non-hydrogen) atoms. The third-order valence-corrected chi connectivity index (χ3v) is 7.07. The molecule has 4 aromatic rings. The standard InChI is InChI=1S/C27H32N6O2/c1-18-8-9-19(2)24-22(18)16-23(27(34)28-24)25(32-14-6-4-5-7-15-32)26-29-30-31-33(26)17-20-10-12-21(35-3)13-11-20/h8-13,16,25H,4-7,14-15,17H2,1-3H3,(H,28,34)/t25-/m0/s1. The number of rotatable bonds is 6. The summed E-state index contributed by atoms with van der Waals surface area (Å²) in [5, 5.41) is 13.9. The fourth-order valence-corrected chi connectivity index (χ4v) is 5.07. The first-order valence-electron chi connectivity index (χ1n) is 12.3. The van der Waals surface area contributed by atoms with Crippen molar-refractivity contribution < 1.29 is 4.74 Å². The van der Waals surface area contributed by atoms with E-state index in [1.165, 1.54) is 12.8 Å². The van der Waals surface area contributed by atoms with Crippen molar-refractivity contribution in [3.63, 3.8) is 0 Å². The van der Waals surface area contributed by atoms with Crippen LogP contribution >= 0.6 is 0 Å². The SMILES string of the molecule is COc1ccc(Cn2nnnc2[C@H](c2cc3c(C)ccc(C)c3[nH]c2=O)N2CCCCCC2)cc1. The van der Waals surface area contributed by atoms with E-state index in [1.807, 2.05) is 35.9 Å². The second-order valence-corrected chi connectivity index (χ2v) is 9.44. The van der Waals surface area contributed by atoms with Crippen molar-refractivity contribution in [1.29, 1.82) is 0 Å². The Labute approximate surface area is 204 Å². The van der Waals surface area contributed by atoms with Gasteiger partial charge < -0.3 is 9.72 Å². The molecule has 1 aliphatic heterocycles. The molecule has 2 aromatic heterocycles. The van der Waals surface area contributed by atoms with E-state index >= 15 is 0 Å². The summed E-state index contributed by atoms with van der Waals surface area (Å²) in [6.45, 7) is 6.44. The summed E-state index contributed by atoms with van der Waals surface area (Å²) < 4.78 is 7.11. The van der Waals surface area contributed by atoms with Crippen LogP contribution in [0.5, 0.6) is 5.75 Å². The third-order valence-electron chi connectivity index (χ3n) is 7.07. The van der Waals surface area contributed by atoms with Crippen LogP contribution in [0.2, 0.25) is 0 Å². The Morgan fingerprint density at radius 3 is 2.43 bits per heavy atom. The zero-order valence-electron chi connectivity index (χ0n) is 20.6. The summed E-state index contributed by atoms with van der Waals surface area (Å²) in [5.41, 5.74) is 4.76. The number of fused-ring (bicyclic) bond motifs is 1. The Bertz CT molecular complexity index is 1370. The Morgan fingerprint density at radius 2 is 1.71 bits per heavy atom. The molecular formula is C27H32N6O2. The topological polar surface area (TPSA) is 88.9 Å². The van der Waals surface area contributed by atoms with Gasteiger partial charge in [0, 0.05) is 10.9 Å². The van der Waals surface area contributed by atoms with Crippen LogP contribution in [0.25, 0.3) is 10.9 Å². The maximum atomic E-state index is 13.5. The number of pyridine rings is 1. The number of nitrogens with zero attached hydrogens (tertiary/aromatic N) is 5. The molecule has 3 heterocycles. The Balaban J connectivity index is 1.62. The van der Waals surface area contributed by atoms with Gasteiger partial charge in [0.15, 0.2) is 5.82 Å². The van der Waals surface area contributed by atoms with Gasteiger partial charge in [-0.15, -0.1) is 5.10 Å². The maximum absolute atomic E-state index is 13.5. The largest absolute Gasteiger partial charge is 0.497 e. The number of likely N-dealkylation sites (tertiary alicyclic amines) is 1. The first-order valence-corrected chi connectivity index (χ1v) is 12.3. The molecule has 0 amide bonds. The van der Waals surface area contributed by atoms with E-state index in [2.05, 4.69) is 50.5 Å². The Kier molecular flexibility index (Phi) is 6.63. The number of hydrogen-bond donors (Lipinski definition) is 1. The summed E-state index contributed by atoms with van der Waals surface area (Å²) in [5.74, 6) is 1.50. The van der Waals surface area contributed by atoms with E-state index in [0.717, 1.165) is 59.3 Å². The van der Waals surface area contributed by atoms with Crippen LogP contribution in [0, 0.1) is 13.8 Å². The molecule has 0 aliphatic carbocycles. The lowest BCUT2D eigenvalue weighted by Gasteiger charge is -2.29. The van der Waals surface area contributed by atoms with Gasteiger partial charge in [-0.3, -0.25) is 9.69 Å². The fraction of sp³-hybridized carbons (Fsp3) is 0.407. The van der Waals surface area contributed by atoms with Crippen LogP contribution in [0.4, 0.5) is 0 Å². The first kappa shape index (κ1) is 23.2. The summed E-state index contributed by atoms with van der Waals surface area (Å²) >= 11 is 0. The minimum absolute atomic E-state index is 0.0838. The van der Waals surface area contributed by atoms with Crippen LogP contribution < -0.4 is 10.3 Å². The van der Waals surface area contributed by atoms with Crippen molar-refractivity contribution in [1.82, 2.24) is 30.1 Å². The van der Waals surface area contributed by atoms with Crippen LogP contribution in [-0.2, 0) is 6.54 Å². The third kappa shape index (κ3) is 4.71. The van der Waals surface area contributed by atoms with Gasteiger partial charge in [-0.05, 0) is 85.1 Å². The molecule has 0 saturated carbocycles. The molecule has 8 nitrogen and oxygen atoms in total. The molecule has 1 atom stereocenters. The fourth-order valence-electron chi connectivity index (χ4n) is 5.07. The number of aryl methyl sites for hydroxylation is 2. The molecule has 1 aliphatic rings. The van der Waals surface area contributed by atoms with E-state index in [0.29, 0.717) is 17.9 Å². The van der Waals surface area contributed by atoms with Gasteiger partial charge in [0.2, 0.25) is 0 Å². The molecule has 5 rings (SSSR count). The zero-order valence-corrected chi connectivity index (χ0v) is 20.6. The molecule has 0 spiro atoms. The lowest BCUT2D eigenvalue weighted by molar-refractivity contribution is 0.220. The number of aromatic nitrogens is 5. The van der Waals surface area contributed by atoms with Gasteiger partial charge >= 0.3 is 0 Å². The van der Waals surface area contributed by atoms with Gasteiger partial charge in [0.25, 0.3) is 5.56 Å². The number of H-pyrrole nitrogens is 1. The lowest BCUT2D eigenvalue weighted by Crippen LogP contribution is -2.36. The normalized spacial score (nSPS) is 15.7. The van der Waals surface area contributed by atoms with Crippen molar-refractivity contribution in [2.45, 2.75) is 52.1 Å². The second-order valence-electron chi connectivity index (χ2n) is 9.44. The quantitative estimate of drug-likeness (QED) is 0.453. The van der Waals surface area contributed by atoms with Crippen molar-refractivity contribution in [2.75, 3.05) is 20.2 Å². The molecule has 1 saturated heterocycles. The average molecular weight is 473 g/mol. The first-order chi connectivity index (χ1) is 17.0. The van der Waals surface area contributed by atoms with Gasteiger partial charge in [0.05, 0.1) is 19.2 Å². The van der Waals surface area contributed by atoms with Crippen LogP contribution in [0.1, 0.15) is 59.8 Å². The second kappa shape index (κ2) is 10.00. The smallest absolute Gasteiger partial charge is 0.253 e. The van der Waals surface area contributed by atoms with Gasteiger partial charge in [0.1, 0.15) is 11.8 Å². The molecule has 1 fully saturated rings. The number of hydrogen-bond acceptors (Lipinski definition) is 6. The van der Waals surface area contributed by atoms with Crippen LogP contribution in [0.3, 0.4) is 0 Å². The molecule has 2 aromatic carbocycles. The molecule has 0 radical (unpaired) electrons. The van der Waals surface area contributed by atoms with Gasteiger partial charge in [-0.25, -0.2) is 4.68 Å². The maximum Gasteiger partial charge on any atom is 0.253 e. The number of aromatic amines is 1. The number of ether oxygens (including phenoxy) is 1. The van der Waals surface area contributed by atoms with E-state index in [-0.39, 0.29) is 11.6 Å². The molecule has 8 heteroatoms. The summed E-state index contributed by atoms with van der Waals surface area (Å²) in [7, 11) is 1.66. The Morgan fingerprint density at radius 1 is 1.00 bits per heavy atom. The molecule has 0 bridgehead atoms.